The first-order valence-electron chi connectivity index (χ1n) is 17.7. The lowest BCUT2D eigenvalue weighted by Gasteiger charge is -2.37. The number of benzene rings is 1. The quantitative estimate of drug-likeness (QED) is 0.206. The van der Waals surface area contributed by atoms with E-state index in [1.54, 1.807) is 37.6 Å². The van der Waals surface area contributed by atoms with Crippen molar-refractivity contribution in [2.75, 3.05) is 41.5 Å². The van der Waals surface area contributed by atoms with Gasteiger partial charge in [-0.15, -0.1) is 0 Å². The average molecular weight is 704 g/mol. The zero-order valence-corrected chi connectivity index (χ0v) is 31.5. The van der Waals surface area contributed by atoms with Crippen LogP contribution in [0.2, 0.25) is 0 Å². The molecular formula is C37H61N5O8. The molecule has 1 aromatic carbocycles. The molecular weight excluding hydrogens is 642 g/mol. The molecule has 2 aliphatic rings. The summed E-state index contributed by atoms with van der Waals surface area (Å²) in [4.78, 5) is 68.6. The summed E-state index contributed by atoms with van der Waals surface area (Å²) in [6.07, 6.45) is 3.54. The minimum atomic E-state index is -1.12. The van der Waals surface area contributed by atoms with Crippen molar-refractivity contribution in [3.8, 4) is 0 Å². The van der Waals surface area contributed by atoms with Gasteiger partial charge in [0.1, 0.15) is 6.04 Å². The van der Waals surface area contributed by atoms with E-state index in [0.717, 1.165) is 24.8 Å². The Morgan fingerprint density at radius 2 is 1.64 bits per heavy atom. The second kappa shape index (κ2) is 20.3. The predicted octanol–water partition coefficient (Wildman–Crippen LogP) is 2.44. The summed E-state index contributed by atoms with van der Waals surface area (Å²) in [6.45, 7) is 9.39. The fraction of sp³-hybridized carbons (Fsp3) is 0.703. The molecule has 0 radical (unpaired) electrons. The van der Waals surface area contributed by atoms with Gasteiger partial charge in [-0.2, -0.15) is 0 Å². The maximum atomic E-state index is 13.9. The lowest BCUT2D eigenvalue weighted by molar-refractivity contribution is -0.147. The molecule has 1 saturated carbocycles. The van der Waals surface area contributed by atoms with Gasteiger partial charge in [0, 0.05) is 34.2 Å². The highest BCUT2D eigenvalue weighted by atomic mass is 16.5. The summed E-state index contributed by atoms with van der Waals surface area (Å²) in [7, 11) is 6.00. The summed E-state index contributed by atoms with van der Waals surface area (Å²) in [5.74, 6) is -2.33. The van der Waals surface area contributed by atoms with E-state index in [4.69, 9.17) is 19.9 Å². The maximum absolute atomic E-state index is 13.9. The smallest absolute Gasteiger partial charge is 0.328 e. The second-order valence-corrected chi connectivity index (χ2v) is 14.0. The Hall–Kier alpha value is -3.55. The first kappa shape index (κ1) is 42.6. The van der Waals surface area contributed by atoms with E-state index in [1.807, 2.05) is 30.3 Å². The van der Waals surface area contributed by atoms with Gasteiger partial charge < -0.3 is 40.4 Å². The molecule has 1 saturated heterocycles. The zero-order chi connectivity index (χ0) is 37.6. The van der Waals surface area contributed by atoms with Crippen LogP contribution < -0.4 is 16.4 Å². The summed E-state index contributed by atoms with van der Waals surface area (Å²) < 4.78 is 16.7. The van der Waals surface area contributed by atoms with Crippen LogP contribution in [0.1, 0.15) is 78.7 Å². The fourth-order valence-electron chi connectivity index (χ4n) is 6.39. The van der Waals surface area contributed by atoms with E-state index in [0.29, 0.717) is 13.0 Å². The highest BCUT2D eigenvalue weighted by Gasteiger charge is 2.45. The summed E-state index contributed by atoms with van der Waals surface area (Å²) >= 11 is 0. The molecule has 4 N–H and O–H groups in total. The number of hydrogen-bond acceptors (Lipinski definition) is 9. The van der Waals surface area contributed by atoms with E-state index in [9.17, 15) is 24.0 Å². The van der Waals surface area contributed by atoms with Crippen LogP contribution in [0.25, 0.3) is 0 Å². The van der Waals surface area contributed by atoms with Crippen molar-refractivity contribution in [1.82, 2.24) is 20.4 Å². The third kappa shape index (κ3) is 12.3. The van der Waals surface area contributed by atoms with Crippen molar-refractivity contribution >= 4 is 29.6 Å². The lowest BCUT2D eigenvalue weighted by atomic mass is 9.93. The van der Waals surface area contributed by atoms with E-state index < -0.39 is 41.6 Å². The van der Waals surface area contributed by atoms with Crippen LogP contribution in [-0.4, -0.2) is 117 Å². The minimum Gasteiger partial charge on any atom is -0.467 e. The third-order valence-electron chi connectivity index (χ3n) is 9.25. The molecule has 50 heavy (non-hydrogen) atoms. The SMILES string of the molecule is CCC.COC(=O)C(Cc1ccccc1)NC(=O)C(C)C(OC)C1CCCN1C(=O)CC(OC)C(C1CC1)N(C)C(=O)CNC(=O)C(C)(C)N. The highest BCUT2D eigenvalue weighted by molar-refractivity contribution is 5.89. The van der Waals surface area contributed by atoms with Crippen LogP contribution in [0.4, 0.5) is 0 Å². The Kier molecular flexibility index (Phi) is 17.3. The van der Waals surface area contributed by atoms with E-state index >= 15 is 0 Å². The molecule has 0 spiro atoms. The topological polar surface area (TPSA) is 170 Å². The lowest BCUT2D eigenvalue weighted by Crippen LogP contribution is -2.55. The largest absolute Gasteiger partial charge is 0.467 e. The number of likely N-dealkylation sites (tertiary alicyclic amines) is 1. The summed E-state index contributed by atoms with van der Waals surface area (Å²) in [5.41, 5.74) is 5.60. The van der Waals surface area contributed by atoms with Gasteiger partial charge in [0.2, 0.25) is 23.6 Å². The molecule has 1 heterocycles. The van der Waals surface area contributed by atoms with Gasteiger partial charge in [0.25, 0.3) is 0 Å². The van der Waals surface area contributed by atoms with Crippen molar-refractivity contribution in [2.45, 2.75) is 115 Å². The monoisotopic (exact) mass is 703 g/mol. The van der Waals surface area contributed by atoms with Gasteiger partial charge in [-0.25, -0.2) is 4.79 Å². The third-order valence-corrected chi connectivity index (χ3v) is 9.25. The van der Waals surface area contributed by atoms with Crippen LogP contribution >= 0.6 is 0 Å². The molecule has 13 nitrogen and oxygen atoms in total. The van der Waals surface area contributed by atoms with Crippen LogP contribution in [0.15, 0.2) is 30.3 Å². The number of nitrogens with one attached hydrogen (secondary N) is 2. The van der Waals surface area contributed by atoms with Crippen LogP contribution in [-0.2, 0) is 44.6 Å². The van der Waals surface area contributed by atoms with Gasteiger partial charge in [-0.3, -0.25) is 19.2 Å². The Balaban J connectivity index is 0.00000278. The Morgan fingerprint density at radius 1 is 1.02 bits per heavy atom. The number of carbonyl (C=O) groups is 5. The fourth-order valence-corrected chi connectivity index (χ4v) is 6.39. The molecule has 6 unspecified atom stereocenters. The van der Waals surface area contributed by atoms with Crippen molar-refractivity contribution in [1.29, 1.82) is 0 Å². The van der Waals surface area contributed by atoms with Crippen LogP contribution in [0.5, 0.6) is 0 Å². The number of amides is 4. The molecule has 1 aliphatic heterocycles. The first-order valence-corrected chi connectivity index (χ1v) is 17.7. The number of rotatable bonds is 17. The Morgan fingerprint density at radius 3 is 2.16 bits per heavy atom. The molecule has 0 bridgehead atoms. The molecule has 282 valence electrons. The maximum Gasteiger partial charge on any atom is 0.328 e. The number of ether oxygens (including phenoxy) is 3. The number of nitrogens with two attached hydrogens (primary N) is 1. The van der Waals surface area contributed by atoms with E-state index in [1.165, 1.54) is 27.8 Å². The molecule has 6 atom stereocenters. The Labute approximate surface area is 298 Å². The highest BCUT2D eigenvalue weighted by Crippen LogP contribution is 2.38. The number of carbonyl (C=O) groups excluding carboxylic acids is 5. The molecule has 1 aliphatic carbocycles. The van der Waals surface area contributed by atoms with Gasteiger partial charge in [0.05, 0.1) is 55.8 Å². The molecule has 3 rings (SSSR count). The summed E-state index contributed by atoms with van der Waals surface area (Å²) in [5, 5.41) is 5.43. The molecule has 4 amide bonds. The number of likely N-dealkylation sites (N-methyl/N-ethyl adjacent to an activating group) is 1. The minimum absolute atomic E-state index is 0.0342. The van der Waals surface area contributed by atoms with E-state index in [2.05, 4.69) is 24.5 Å². The Bertz CT molecular complexity index is 1250. The van der Waals surface area contributed by atoms with Gasteiger partial charge in [-0.05, 0) is 51.0 Å². The average Bonchev–Trinajstić information content (AvgIpc) is 3.81. The summed E-state index contributed by atoms with van der Waals surface area (Å²) in [6, 6.07) is 7.74. The van der Waals surface area contributed by atoms with Crippen molar-refractivity contribution in [2.24, 2.45) is 17.6 Å². The van der Waals surface area contributed by atoms with Crippen LogP contribution in [0.3, 0.4) is 0 Å². The number of esters is 1. The van der Waals surface area contributed by atoms with Gasteiger partial charge in [-0.1, -0.05) is 57.5 Å². The number of hydrogen-bond donors (Lipinski definition) is 3. The van der Waals surface area contributed by atoms with Crippen molar-refractivity contribution < 1.29 is 38.2 Å². The van der Waals surface area contributed by atoms with Crippen LogP contribution in [0, 0.1) is 11.8 Å². The molecule has 13 heteroatoms. The predicted molar refractivity (Wildman–Crippen MR) is 191 cm³/mol. The second-order valence-electron chi connectivity index (χ2n) is 14.0. The molecule has 0 aromatic heterocycles. The number of nitrogens with zero attached hydrogens (tertiary/aromatic N) is 2. The van der Waals surface area contributed by atoms with E-state index in [-0.39, 0.29) is 55.1 Å². The zero-order valence-electron chi connectivity index (χ0n) is 31.5. The van der Waals surface area contributed by atoms with Gasteiger partial charge >= 0.3 is 5.97 Å². The standard InChI is InChI=1S/C34H53N5O8.C3H8/c1-21(31(42)37-24(32(43)47-7)18-22-12-9-8-10-13-22)30(46-6)25-14-11-17-39(25)27(40)19-26(45-5)29(23-15-16-23)38(4)28(41)20-36-33(44)34(2,3)35;1-3-2/h8-10,12-13,21,23-26,29-30H,11,14-20,35H2,1-7H3,(H,36,44)(H,37,42);3H2,1-2H3. The first-order chi connectivity index (χ1) is 23.6. The number of methoxy groups -OCH3 is 3. The molecule has 2 fully saturated rings. The molecule has 1 aromatic rings. The normalized spacial score (nSPS) is 18.8. The van der Waals surface area contributed by atoms with Gasteiger partial charge in [0.15, 0.2) is 0 Å². The van der Waals surface area contributed by atoms with Crippen molar-refractivity contribution in [3.63, 3.8) is 0 Å². The van der Waals surface area contributed by atoms with Crippen molar-refractivity contribution in [3.05, 3.63) is 35.9 Å².